The number of amides is 2. The Morgan fingerprint density at radius 1 is 1.43 bits per heavy atom. The van der Waals surface area contributed by atoms with Gasteiger partial charge in [-0.05, 0) is 37.0 Å². The molecule has 7 nitrogen and oxygen atoms in total. The van der Waals surface area contributed by atoms with Gasteiger partial charge in [0.15, 0.2) is 0 Å². The van der Waals surface area contributed by atoms with Crippen molar-refractivity contribution in [3.05, 3.63) is 35.6 Å². The zero-order valence-corrected chi connectivity index (χ0v) is 15.6. The Kier molecular flexibility index (Phi) is 5.04. The Balaban J connectivity index is 1.36. The number of nitrogens with zero attached hydrogens (tertiary/aromatic N) is 4. The average Bonchev–Trinajstić information content (AvgIpc) is 3.37. The highest BCUT2D eigenvalue weighted by Gasteiger charge is 2.50. The van der Waals surface area contributed by atoms with E-state index in [4.69, 9.17) is 5.73 Å². The van der Waals surface area contributed by atoms with Gasteiger partial charge in [0.25, 0.3) is 0 Å². The van der Waals surface area contributed by atoms with Gasteiger partial charge in [-0.25, -0.2) is 4.39 Å². The Bertz CT molecular complexity index is 825. The van der Waals surface area contributed by atoms with Crippen LogP contribution < -0.4 is 5.73 Å². The van der Waals surface area contributed by atoms with E-state index in [2.05, 4.69) is 6.07 Å². The predicted molar refractivity (Wildman–Crippen MR) is 99.0 cm³/mol. The molecule has 28 heavy (non-hydrogen) atoms. The molecule has 1 aromatic carbocycles. The number of benzene rings is 1. The summed E-state index contributed by atoms with van der Waals surface area (Å²) in [5.74, 6) is -0.509. The Labute approximate surface area is 163 Å². The first-order valence-electron chi connectivity index (χ1n) is 9.72. The summed E-state index contributed by atoms with van der Waals surface area (Å²) in [5.41, 5.74) is 6.91. The van der Waals surface area contributed by atoms with Gasteiger partial charge in [0, 0.05) is 32.2 Å². The van der Waals surface area contributed by atoms with Crippen LogP contribution in [0.5, 0.6) is 0 Å². The van der Waals surface area contributed by atoms with Gasteiger partial charge in [-0.2, -0.15) is 5.26 Å². The Hall–Kier alpha value is -2.50. The highest BCUT2D eigenvalue weighted by atomic mass is 19.1. The lowest BCUT2D eigenvalue weighted by molar-refractivity contribution is -0.139. The Morgan fingerprint density at radius 3 is 2.96 bits per heavy atom. The van der Waals surface area contributed by atoms with Crippen LogP contribution in [0.4, 0.5) is 4.39 Å². The molecule has 8 heteroatoms. The predicted octanol–water partition coefficient (Wildman–Crippen LogP) is 0.453. The van der Waals surface area contributed by atoms with E-state index in [0.717, 1.165) is 12.0 Å². The van der Waals surface area contributed by atoms with Crippen LogP contribution >= 0.6 is 0 Å². The van der Waals surface area contributed by atoms with Gasteiger partial charge < -0.3 is 15.5 Å². The first-order valence-corrected chi connectivity index (χ1v) is 9.72. The van der Waals surface area contributed by atoms with Gasteiger partial charge in [0.1, 0.15) is 11.9 Å². The van der Waals surface area contributed by atoms with E-state index in [1.165, 1.54) is 12.1 Å². The molecule has 2 N–H and O–H groups in total. The third-order valence-corrected chi connectivity index (χ3v) is 6.07. The fourth-order valence-electron chi connectivity index (χ4n) is 4.68. The van der Waals surface area contributed by atoms with Crippen LogP contribution in [0.2, 0.25) is 0 Å². The third kappa shape index (κ3) is 3.36. The first-order chi connectivity index (χ1) is 13.5. The first kappa shape index (κ1) is 18.8. The molecule has 0 saturated carbocycles. The zero-order valence-electron chi connectivity index (χ0n) is 15.6. The second-order valence-corrected chi connectivity index (χ2v) is 7.88. The molecular weight excluding hydrogens is 361 g/mol. The molecule has 0 radical (unpaired) electrons. The molecule has 148 valence electrons. The molecule has 3 saturated heterocycles. The summed E-state index contributed by atoms with van der Waals surface area (Å²) >= 11 is 0. The van der Waals surface area contributed by atoms with Crippen LogP contribution in [0, 0.1) is 17.1 Å². The van der Waals surface area contributed by atoms with Gasteiger partial charge in [0.2, 0.25) is 11.8 Å². The maximum atomic E-state index is 13.4. The number of nitriles is 1. The number of carbonyl (C=O) groups is 2. The second kappa shape index (κ2) is 7.49. The second-order valence-electron chi connectivity index (χ2n) is 7.88. The molecule has 3 fully saturated rings. The number of hydrogen-bond acceptors (Lipinski definition) is 5. The van der Waals surface area contributed by atoms with Gasteiger partial charge in [-0.3, -0.25) is 14.5 Å². The van der Waals surface area contributed by atoms with Crippen LogP contribution in [-0.4, -0.2) is 70.3 Å². The lowest BCUT2D eigenvalue weighted by Crippen LogP contribution is -2.56. The average molecular weight is 385 g/mol. The number of carbonyl (C=O) groups excluding carboxylic acids is 2. The zero-order chi connectivity index (χ0) is 19.8. The van der Waals surface area contributed by atoms with Crippen LogP contribution in [0.25, 0.3) is 0 Å². The minimum absolute atomic E-state index is 0.0104. The van der Waals surface area contributed by atoms with Crippen molar-refractivity contribution in [1.29, 1.82) is 5.26 Å². The molecule has 2 amide bonds. The highest BCUT2D eigenvalue weighted by molar-refractivity contribution is 5.86. The van der Waals surface area contributed by atoms with Crippen molar-refractivity contribution < 1.29 is 14.0 Å². The maximum absolute atomic E-state index is 13.4. The van der Waals surface area contributed by atoms with E-state index in [9.17, 15) is 19.2 Å². The fourth-order valence-corrected chi connectivity index (χ4v) is 4.68. The number of hydrogen-bond donors (Lipinski definition) is 1. The topological polar surface area (TPSA) is 93.7 Å². The number of rotatable bonds is 5. The summed E-state index contributed by atoms with van der Waals surface area (Å²) in [6, 6.07) is 7.11. The SMILES string of the molecule is N#C[C@@H]1CCCN1C(=O)[C@@H](N)CN1C[C@@H]2C[C@H]1C(=O)N2Cc1cccc(F)c1. The van der Waals surface area contributed by atoms with Crippen molar-refractivity contribution in [3.63, 3.8) is 0 Å². The maximum Gasteiger partial charge on any atom is 0.241 e. The molecule has 3 heterocycles. The number of piperazine rings is 1. The summed E-state index contributed by atoms with van der Waals surface area (Å²) in [4.78, 5) is 30.8. The number of fused-ring (bicyclic) bond motifs is 2. The minimum Gasteiger partial charge on any atom is -0.333 e. The molecule has 0 aliphatic carbocycles. The normalized spacial score (nSPS) is 28.0. The van der Waals surface area contributed by atoms with Crippen LogP contribution in [0.3, 0.4) is 0 Å². The third-order valence-electron chi connectivity index (χ3n) is 6.07. The van der Waals surface area contributed by atoms with Gasteiger partial charge in [-0.15, -0.1) is 0 Å². The van der Waals surface area contributed by atoms with Crippen LogP contribution in [0.1, 0.15) is 24.8 Å². The molecule has 0 spiro atoms. The molecule has 4 rings (SSSR count). The number of likely N-dealkylation sites (tertiary alicyclic amines) is 3. The van der Waals surface area contributed by atoms with Crippen molar-refractivity contribution in [2.45, 2.75) is 50.0 Å². The van der Waals surface area contributed by atoms with Crippen LogP contribution in [-0.2, 0) is 16.1 Å². The van der Waals surface area contributed by atoms with Crippen molar-refractivity contribution >= 4 is 11.8 Å². The van der Waals surface area contributed by atoms with Crippen molar-refractivity contribution in [3.8, 4) is 6.07 Å². The minimum atomic E-state index is -0.738. The van der Waals surface area contributed by atoms with E-state index in [-0.39, 0.29) is 29.7 Å². The summed E-state index contributed by atoms with van der Waals surface area (Å²) in [5, 5.41) is 9.17. The summed E-state index contributed by atoms with van der Waals surface area (Å²) in [7, 11) is 0. The standard InChI is InChI=1S/C20H24FN5O2/c21-14-4-1-3-13(7-14)10-26-16-8-18(20(26)28)24(11-16)12-17(23)19(27)25-6-2-5-15(25)9-22/h1,3-4,7,15-18H,2,5-6,8,10-12,23H2/t15-,16-,17-,18-/m0/s1. The largest absolute Gasteiger partial charge is 0.333 e. The molecule has 4 atom stereocenters. The Morgan fingerprint density at radius 2 is 2.25 bits per heavy atom. The molecular formula is C20H24FN5O2. The number of halogens is 1. The van der Waals surface area contributed by atoms with E-state index in [1.54, 1.807) is 15.9 Å². The molecule has 3 aliphatic rings. The lowest BCUT2D eigenvalue weighted by atomic mass is 10.1. The summed E-state index contributed by atoms with van der Waals surface area (Å²) < 4.78 is 13.4. The number of nitrogens with two attached hydrogens (primary N) is 1. The van der Waals surface area contributed by atoms with Gasteiger partial charge in [-0.1, -0.05) is 12.1 Å². The van der Waals surface area contributed by atoms with E-state index in [0.29, 0.717) is 39.0 Å². The molecule has 1 aromatic rings. The van der Waals surface area contributed by atoms with Crippen molar-refractivity contribution in [2.75, 3.05) is 19.6 Å². The van der Waals surface area contributed by atoms with Gasteiger partial charge >= 0.3 is 0 Å². The monoisotopic (exact) mass is 385 g/mol. The fraction of sp³-hybridized carbons (Fsp3) is 0.550. The van der Waals surface area contributed by atoms with E-state index in [1.807, 2.05) is 11.0 Å². The molecule has 0 aromatic heterocycles. The quantitative estimate of drug-likeness (QED) is 0.794. The lowest BCUT2D eigenvalue weighted by Gasteiger charge is -2.35. The van der Waals surface area contributed by atoms with Crippen molar-refractivity contribution in [2.24, 2.45) is 5.73 Å². The molecule has 0 unspecified atom stereocenters. The van der Waals surface area contributed by atoms with Crippen molar-refractivity contribution in [1.82, 2.24) is 14.7 Å². The van der Waals surface area contributed by atoms with E-state index >= 15 is 0 Å². The highest BCUT2D eigenvalue weighted by Crippen LogP contribution is 2.33. The van der Waals surface area contributed by atoms with Gasteiger partial charge in [0.05, 0.1) is 18.2 Å². The van der Waals surface area contributed by atoms with E-state index < -0.39 is 12.1 Å². The smallest absolute Gasteiger partial charge is 0.241 e. The summed E-state index contributed by atoms with van der Waals surface area (Å²) in [6.45, 7) is 1.94. The molecule has 3 aliphatic heterocycles. The van der Waals surface area contributed by atoms with Crippen LogP contribution in [0.15, 0.2) is 24.3 Å². The summed E-state index contributed by atoms with van der Waals surface area (Å²) in [6.07, 6.45) is 2.22. The molecule has 2 bridgehead atoms.